The van der Waals surface area contributed by atoms with Crippen molar-refractivity contribution in [1.29, 1.82) is 0 Å². The van der Waals surface area contributed by atoms with Gasteiger partial charge < -0.3 is 16.0 Å². The number of carbonyl (C=O) groups excluding carboxylic acids is 1. The number of carbonyl (C=O) groups is 1. The van der Waals surface area contributed by atoms with E-state index < -0.39 is 11.4 Å². The Kier molecular flexibility index (Phi) is 2.94. The van der Waals surface area contributed by atoms with E-state index >= 15 is 0 Å². The third kappa shape index (κ3) is 2.08. The highest BCUT2D eigenvalue weighted by atomic mass is 32.2. The zero-order valence-electron chi connectivity index (χ0n) is 9.22. The molecule has 1 fully saturated rings. The Bertz CT molecular complexity index is 405. The molecule has 1 aliphatic carbocycles. The predicted molar refractivity (Wildman–Crippen MR) is 62.8 cm³/mol. The van der Waals surface area contributed by atoms with Crippen LogP contribution in [0.25, 0.3) is 0 Å². The summed E-state index contributed by atoms with van der Waals surface area (Å²) in [5.74, 6) is -0.393. The first-order valence-corrected chi connectivity index (χ1v) is 6.12. The summed E-state index contributed by atoms with van der Waals surface area (Å²) in [5.41, 5.74) is 10.4. The van der Waals surface area contributed by atoms with Gasteiger partial charge in [0, 0.05) is 24.7 Å². The van der Waals surface area contributed by atoms with Gasteiger partial charge >= 0.3 is 0 Å². The summed E-state index contributed by atoms with van der Waals surface area (Å²) in [6.45, 7) is 0. The van der Waals surface area contributed by atoms with E-state index in [-0.39, 0.29) is 0 Å². The van der Waals surface area contributed by atoms with Crippen LogP contribution in [0.5, 0.6) is 0 Å². The lowest BCUT2D eigenvalue weighted by atomic mass is 9.99. The molecule has 0 spiro atoms. The van der Waals surface area contributed by atoms with E-state index in [1.165, 1.54) is 0 Å². The smallest absolute Gasteiger partial charge is 0.237 e. The summed E-state index contributed by atoms with van der Waals surface area (Å²) < 4.78 is 1.96. The van der Waals surface area contributed by atoms with Crippen molar-refractivity contribution in [2.24, 2.45) is 18.5 Å². The number of nitrogens with zero attached hydrogens (tertiary/aromatic N) is 2. The van der Waals surface area contributed by atoms with Gasteiger partial charge in [0.15, 0.2) is 5.16 Å². The second kappa shape index (κ2) is 4.10. The highest BCUT2D eigenvalue weighted by molar-refractivity contribution is 7.99. The molecule has 88 valence electrons. The van der Waals surface area contributed by atoms with Gasteiger partial charge in [0.25, 0.3) is 0 Å². The van der Waals surface area contributed by atoms with Crippen molar-refractivity contribution in [2.45, 2.75) is 35.2 Å². The Labute approximate surface area is 98.6 Å². The van der Waals surface area contributed by atoms with Crippen LogP contribution in [0.2, 0.25) is 0 Å². The second-order valence-corrected chi connectivity index (χ2v) is 5.59. The van der Waals surface area contributed by atoms with Crippen LogP contribution < -0.4 is 11.5 Å². The molecule has 0 saturated heterocycles. The first-order valence-electron chi connectivity index (χ1n) is 5.24. The monoisotopic (exact) mass is 240 g/mol. The fourth-order valence-electron chi connectivity index (χ4n) is 1.97. The molecule has 2 unspecified atom stereocenters. The molecule has 5 nitrogen and oxygen atoms in total. The number of rotatable bonds is 3. The lowest BCUT2D eigenvalue weighted by molar-refractivity contribution is -0.122. The first kappa shape index (κ1) is 11.5. The third-order valence-corrected chi connectivity index (χ3v) is 4.38. The van der Waals surface area contributed by atoms with Crippen molar-refractivity contribution in [3.63, 3.8) is 0 Å². The summed E-state index contributed by atoms with van der Waals surface area (Å²) in [5, 5.41) is 1.29. The molecule has 2 rings (SSSR count). The summed E-state index contributed by atoms with van der Waals surface area (Å²) in [7, 11) is 1.95. The molecule has 1 aromatic heterocycles. The van der Waals surface area contributed by atoms with Crippen LogP contribution in [0.1, 0.15) is 19.3 Å². The van der Waals surface area contributed by atoms with Crippen molar-refractivity contribution in [3.05, 3.63) is 12.4 Å². The first-order chi connectivity index (χ1) is 7.51. The molecule has 6 heteroatoms. The van der Waals surface area contributed by atoms with Crippen molar-refractivity contribution >= 4 is 17.7 Å². The quantitative estimate of drug-likeness (QED) is 0.792. The number of thioether (sulfide) groups is 1. The summed E-state index contributed by atoms with van der Waals surface area (Å²) in [6.07, 6.45) is 5.89. The van der Waals surface area contributed by atoms with E-state index in [0.29, 0.717) is 18.1 Å². The minimum absolute atomic E-state index is 0.332. The molecule has 0 aromatic carbocycles. The number of aryl methyl sites for hydroxylation is 1. The van der Waals surface area contributed by atoms with Crippen molar-refractivity contribution in [2.75, 3.05) is 0 Å². The standard InChI is InChI=1S/C10H16N4OS/c1-14-5-4-13-9(14)16-7-2-3-10(12,6-7)8(11)15/h4-5,7H,2-3,6,12H2,1H3,(H2,11,15). The molecule has 1 amide bonds. The van der Waals surface area contributed by atoms with Gasteiger partial charge in [-0.1, -0.05) is 11.8 Å². The maximum atomic E-state index is 11.2. The summed E-state index contributed by atoms with van der Waals surface area (Å²) >= 11 is 1.67. The van der Waals surface area contributed by atoms with Crippen LogP contribution >= 0.6 is 11.8 Å². The van der Waals surface area contributed by atoms with Gasteiger partial charge in [0.2, 0.25) is 5.91 Å². The normalized spacial score (nSPS) is 29.5. The number of amides is 1. The molecule has 1 heterocycles. The lowest BCUT2D eigenvalue weighted by Gasteiger charge is -2.19. The predicted octanol–water partition coefficient (Wildman–Crippen LogP) is 0.248. The van der Waals surface area contributed by atoms with Gasteiger partial charge in [-0.15, -0.1) is 0 Å². The molecule has 0 radical (unpaired) electrons. The number of hydrogen-bond acceptors (Lipinski definition) is 4. The number of hydrogen-bond donors (Lipinski definition) is 2. The molecule has 4 N–H and O–H groups in total. The minimum atomic E-state index is -0.817. The highest BCUT2D eigenvalue weighted by Crippen LogP contribution is 2.38. The van der Waals surface area contributed by atoms with E-state index in [4.69, 9.17) is 11.5 Å². The van der Waals surface area contributed by atoms with Crippen LogP contribution in [0.4, 0.5) is 0 Å². The van der Waals surface area contributed by atoms with Crippen LogP contribution in [0.3, 0.4) is 0 Å². The SMILES string of the molecule is Cn1ccnc1SC1CCC(N)(C(N)=O)C1. The number of imidazole rings is 1. The fourth-order valence-corrected chi connectivity index (χ4v) is 3.23. The zero-order chi connectivity index (χ0) is 11.8. The Morgan fingerprint density at radius 2 is 2.50 bits per heavy atom. The average molecular weight is 240 g/mol. The van der Waals surface area contributed by atoms with Gasteiger partial charge in [-0.25, -0.2) is 4.98 Å². The molecule has 1 aromatic rings. The number of primary amides is 1. The van der Waals surface area contributed by atoms with Crippen LogP contribution in [-0.4, -0.2) is 26.2 Å². The molecule has 0 bridgehead atoms. The summed E-state index contributed by atoms with van der Waals surface area (Å²) in [4.78, 5) is 15.4. The van der Waals surface area contributed by atoms with Gasteiger partial charge in [0.1, 0.15) is 0 Å². The molecule has 2 atom stereocenters. The maximum absolute atomic E-state index is 11.2. The van der Waals surface area contributed by atoms with Crippen molar-refractivity contribution in [3.8, 4) is 0 Å². The third-order valence-electron chi connectivity index (χ3n) is 3.04. The van der Waals surface area contributed by atoms with E-state index in [0.717, 1.165) is 11.6 Å². The fraction of sp³-hybridized carbons (Fsp3) is 0.600. The molecule has 0 aliphatic heterocycles. The second-order valence-electron chi connectivity index (χ2n) is 4.32. The van der Waals surface area contributed by atoms with E-state index in [1.807, 2.05) is 17.8 Å². The molecule has 16 heavy (non-hydrogen) atoms. The maximum Gasteiger partial charge on any atom is 0.237 e. The molecule has 1 saturated carbocycles. The van der Waals surface area contributed by atoms with Gasteiger partial charge in [-0.05, 0) is 19.3 Å². The summed E-state index contributed by atoms with van der Waals surface area (Å²) in [6, 6.07) is 0. The van der Waals surface area contributed by atoms with Crippen molar-refractivity contribution in [1.82, 2.24) is 9.55 Å². The minimum Gasteiger partial charge on any atom is -0.368 e. The Morgan fingerprint density at radius 3 is 3.00 bits per heavy atom. The molecular formula is C10H16N4OS. The lowest BCUT2D eigenvalue weighted by Crippen LogP contribution is -2.50. The van der Waals surface area contributed by atoms with Gasteiger partial charge in [-0.2, -0.15) is 0 Å². The highest BCUT2D eigenvalue weighted by Gasteiger charge is 2.41. The van der Waals surface area contributed by atoms with Crippen LogP contribution in [0.15, 0.2) is 17.6 Å². The van der Waals surface area contributed by atoms with E-state index in [9.17, 15) is 4.79 Å². The Balaban J connectivity index is 2.00. The van der Waals surface area contributed by atoms with E-state index in [2.05, 4.69) is 4.98 Å². The average Bonchev–Trinajstić information content (AvgIpc) is 2.77. The van der Waals surface area contributed by atoms with Gasteiger partial charge in [-0.3, -0.25) is 4.79 Å². The molecule has 1 aliphatic rings. The Morgan fingerprint density at radius 1 is 1.75 bits per heavy atom. The zero-order valence-corrected chi connectivity index (χ0v) is 10.0. The number of nitrogens with two attached hydrogens (primary N) is 2. The van der Waals surface area contributed by atoms with Crippen LogP contribution in [0, 0.1) is 0 Å². The largest absolute Gasteiger partial charge is 0.368 e. The van der Waals surface area contributed by atoms with Gasteiger partial charge in [0.05, 0.1) is 5.54 Å². The van der Waals surface area contributed by atoms with Crippen molar-refractivity contribution < 1.29 is 4.79 Å². The number of aromatic nitrogens is 2. The van der Waals surface area contributed by atoms with E-state index in [1.54, 1.807) is 18.0 Å². The topological polar surface area (TPSA) is 86.9 Å². The Hall–Kier alpha value is -1.01. The molecular weight excluding hydrogens is 224 g/mol. The van der Waals surface area contributed by atoms with Crippen LogP contribution in [-0.2, 0) is 11.8 Å².